The molecule has 106 valence electrons. The minimum absolute atomic E-state index is 0.00989. The molecule has 0 aliphatic rings. The number of methoxy groups -OCH3 is 1. The Morgan fingerprint density at radius 1 is 1.47 bits per heavy atom. The molecule has 2 N–H and O–H groups in total. The van der Waals surface area contributed by atoms with Crippen molar-refractivity contribution in [1.82, 2.24) is 0 Å². The summed E-state index contributed by atoms with van der Waals surface area (Å²) in [5.74, 6) is 0.153. The standard InChI is InChI=1S/C14H20ClNO3/c1-4-10(16)8-11-12(15)6-5-7-13(11)19-9(2)14(17)18-3/h5-7,9-10H,4,8,16H2,1-3H3. The van der Waals surface area contributed by atoms with Crippen LogP contribution < -0.4 is 10.5 Å². The third-order valence-electron chi connectivity index (χ3n) is 2.90. The zero-order chi connectivity index (χ0) is 14.4. The lowest BCUT2D eigenvalue weighted by Gasteiger charge is -2.18. The average Bonchev–Trinajstić information content (AvgIpc) is 2.41. The van der Waals surface area contributed by atoms with E-state index in [1.54, 1.807) is 25.1 Å². The molecule has 2 unspecified atom stereocenters. The predicted molar refractivity (Wildman–Crippen MR) is 75.5 cm³/mol. The summed E-state index contributed by atoms with van der Waals surface area (Å²) in [5, 5.41) is 0.596. The van der Waals surface area contributed by atoms with Crippen molar-refractivity contribution in [2.75, 3.05) is 7.11 Å². The Bertz CT molecular complexity index is 437. The second-order valence-electron chi connectivity index (χ2n) is 4.37. The lowest BCUT2D eigenvalue weighted by Crippen LogP contribution is -2.26. The molecule has 1 aromatic carbocycles. The van der Waals surface area contributed by atoms with Gasteiger partial charge in [-0.2, -0.15) is 0 Å². The first-order chi connectivity index (χ1) is 8.99. The maximum Gasteiger partial charge on any atom is 0.346 e. The van der Waals surface area contributed by atoms with E-state index in [4.69, 9.17) is 22.1 Å². The molecule has 1 rings (SSSR count). The summed E-state index contributed by atoms with van der Waals surface area (Å²) in [4.78, 5) is 11.4. The first-order valence-electron chi connectivity index (χ1n) is 6.27. The Kier molecular flexibility index (Phi) is 6.12. The Morgan fingerprint density at radius 3 is 2.74 bits per heavy atom. The van der Waals surface area contributed by atoms with Gasteiger partial charge in [-0.25, -0.2) is 4.79 Å². The van der Waals surface area contributed by atoms with E-state index in [0.29, 0.717) is 17.2 Å². The number of hydrogen-bond acceptors (Lipinski definition) is 4. The summed E-state index contributed by atoms with van der Waals surface area (Å²) >= 11 is 6.18. The monoisotopic (exact) mass is 285 g/mol. The lowest BCUT2D eigenvalue weighted by molar-refractivity contribution is -0.147. The van der Waals surface area contributed by atoms with Crippen molar-refractivity contribution in [3.8, 4) is 5.75 Å². The van der Waals surface area contributed by atoms with Crippen molar-refractivity contribution in [2.24, 2.45) is 5.73 Å². The number of carbonyl (C=O) groups is 1. The second-order valence-corrected chi connectivity index (χ2v) is 4.78. The highest BCUT2D eigenvalue weighted by atomic mass is 35.5. The predicted octanol–water partition coefficient (Wildman–Crippen LogP) is 2.56. The van der Waals surface area contributed by atoms with E-state index in [2.05, 4.69) is 4.74 Å². The van der Waals surface area contributed by atoms with Crippen LogP contribution in [0.2, 0.25) is 5.02 Å². The lowest BCUT2D eigenvalue weighted by atomic mass is 10.0. The van der Waals surface area contributed by atoms with Gasteiger partial charge >= 0.3 is 5.97 Å². The summed E-state index contributed by atoms with van der Waals surface area (Å²) in [6, 6.07) is 5.36. The van der Waals surface area contributed by atoms with Crippen LogP contribution >= 0.6 is 11.6 Å². The maximum absolute atomic E-state index is 11.4. The third-order valence-corrected chi connectivity index (χ3v) is 3.26. The zero-order valence-electron chi connectivity index (χ0n) is 11.5. The molecule has 0 spiro atoms. The van der Waals surface area contributed by atoms with Crippen molar-refractivity contribution in [3.05, 3.63) is 28.8 Å². The first-order valence-corrected chi connectivity index (χ1v) is 6.64. The van der Waals surface area contributed by atoms with Crippen LogP contribution in [0.5, 0.6) is 5.75 Å². The molecule has 4 nitrogen and oxygen atoms in total. The van der Waals surface area contributed by atoms with Crippen LogP contribution in [0.4, 0.5) is 0 Å². The topological polar surface area (TPSA) is 61.5 Å². The van der Waals surface area contributed by atoms with Gasteiger partial charge in [-0.1, -0.05) is 24.6 Å². The number of nitrogens with two attached hydrogens (primary N) is 1. The Balaban J connectivity index is 2.93. The molecular weight excluding hydrogens is 266 g/mol. The van der Waals surface area contributed by atoms with Gasteiger partial charge in [0.25, 0.3) is 0 Å². The van der Waals surface area contributed by atoms with Gasteiger partial charge < -0.3 is 15.2 Å². The van der Waals surface area contributed by atoms with Gasteiger partial charge in [-0.3, -0.25) is 0 Å². The fourth-order valence-corrected chi connectivity index (χ4v) is 1.90. The van der Waals surface area contributed by atoms with Crippen LogP contribution in [0.3, 0.4) is 0 Å². The summed E-state index contributed by atoms with van der Waals surface area (Å²) in [7, 11) is 1.33. The maximum atomic E-state index is 11.4. The summed E-state index contributed by atoms with van der Waals surface area (Å²) in [6.07, 6.45) is 0.774. The van der Waals surface area contributed by atoms with Crippen LogP contribution in [-0.2, 0) is 16.0 Å². The number of esters is 1. The fourth-order valence-electron chi connectivity index (χ4n) is 1.66. The van der Waals surface area contributed by atoms with Gasteiger partial charge in [0, 0.05) is 16.6 Å². The molecule has 0 aromatic heterocycles. The van der Waals surface area contributed by atoms with Crippen LogP contribution in [0, 0.1) is 0 Å². The molecule has 0 bridgehead atoms. The molecule has 0 fully saturated rings. The summed E-state index contributed by atoms with van der Waals surface area (Å²) in [6.45, 7) is 3.65. The quantitative estimate of drug-likeness (QED) is 0.816. The van der Waals surface area contributed by atoms with Crippen molar-refractivity contribution in [1.29, 1.82) is 0 Å². The first kappa shape index (κ1) is 15.8. The molecule has 2 atom stereocenters. The van der Waals surface area contributed by atoms with E-state index in [1.807, 2.05) is 6.92 Å². The minimum Gasteiger partial charge on any atom is -0.479 e. The van der Waals surface area contributed by atoms with Gasteiger partial charge in [0.2, 0.25) is 0 Å². The van der Waals surface area contributed by atoms with Crippen LogP contribution in [0.25, 0.3) is 0 Å². The molecule has 19 heavy (non-hydrogen) atoms. The van der Waals surface area contributed by atoms with Gasteiger partial charge in [-0.15, -0.1) is 0 Å². The van der Waals surface area contributed by atoms with Gasteiger partial charge in [0.1, 0.15) is 5.75 Å². The van der Waals surface area contributed by atoms with Gasteiger partial charge in [0.05, 0.1) is 7.11 Å². The normalized spacial score (nSPS) is 13.7. The number of rotatable bonds is 6. The average molecular weight is 286 g/mol. The number of carbonyl (C=O) groups excluding carboxylic acids is 1. The molecule has 0 heterocycles. The van der Waals surface area contributed by atoms with Crippen molar-refractivity contribution < 1.29 is 14.3 Å². The largest absolute Gasteiger partial charge is 0.479 e. The number of benzene rings is 1. The molecule has 1 aromatic rings. The van der Waals surface area contributed by atoms with E-state index >= 15 is 0 Å². The fraction of sp³-hybridized carbons (Fsp3) is 0.500. The van der Waals surface area contributed by atoms with E-state index in [1.165, 1.54) is 7.11 Å². The number of halogens is 1. The Labute approximate surface area is 118 Å². The van der Waals surface area contributed by atoms with E-state index in [9.17, 15) is 4.79 Å². The van der Waals surface area contributed by atoms with Crippen LogP contribution in [0.15, 0.2) is 18.2 Å². The Morgan fingerprint density at radius 2 is 2.16 bits per heavy atom. The van der Waals surface area contributed by atoms with Gasteiger partial charge in [0.15, 0.2) is 6.10 Å². The van der Waals surface area contributed by atoms with E-state index in [-0.39, 0.29) is 6.04 Å². The van der Waals surface area contributed by atoms with Crippen molar-refractivity contribution in [3.63, 3.8) is 0 Å². The number of hydrogen-bond donors (Lipinski definition) is 1. The molecule has 0 saturated carbocycles. The number of ether oxygens (including phenoxy) is 2. The molecule has 0 radical (unpaired) electrons. The van der Waals surface area contributed by atoms with E-state index in [0.717, 1.165) is 12.0 Å². The summed E-state index contributed by atoms with van der Waals surface area (Å²) in [5.41, 5.74) is 6.78. The highest BCUT2D eigenvalue weighted by Gasteiger charge is 2.18. The smallest absolute Gasteiger partial charge is 0.346 e. The molecule has 0 aliphatic carbocycles. The highest BCUT2D eigenvalue weighted by Crippen LogP contribution is 2.28. The van der Waals surface area contributed by atoms with Gasteiger partial charge in [-0.05, 0) is 31.9 Å². The molecule has 5 heteroatoms. The molecule has 0 saturated heterocycles. The van der Waals surface area contributed by atoms with Crippen LogP contribution in [-0.4, -0.2) is 25.2 Å². The van der Waals surface area contributed by atoms with Crippen molar-refractivity contribution >= 4 is 17.6 Å². The highest BCUT2D eigenvalue weighted by molar-refractivity contribution is 6.31. The molecule has 0 amide bonds. The van der Waals surface area contributed by atoms with Crippen LogP contribution in [0.1, 0.15) is 25.8 Å². The molecular formula is C14H20ClNO3. The third kappa shape index (κ3) is 4.40. The second kappa shape index (κ2) is 7.36. The zero-order valence-corrected chi connectivity index (χ0v) is 12.2. The summed E-state index contributed by atoms with van der Waals surface area (Å²) < 4.78 is 10.2. The SMILES string of the molecule is CCC(N)Cc1c(Cl)cccc1OC(C)C(=O)OC. The molecule has 0 aliphatic heterocycles. The van der Waals surface area contributed by atoms with Crippen molar-refractivity contribution in [2.45, 2.75) is 38.8 Å². The minimum atomic E-state index is -0.680. The Hall–Kier alpha value is -1.26. The van der Waals surface area contributed by atoms with E-state index < -0.39 is 12.1 Å².